The van der Waals surface area contributed by atoms with Gasteiger partial charge in [-0.15, -0.1) is 0 Å². The topological polar surface area (TPSA) is 117 Å². The van der Waals surface area contributed by atoms with Gasteiger partial charge in [-0.25, -0.2) is 9.37 Å². The molecule has 3 N–H and O–H groups in total. The maximum Gasteiger partial charge on any atom is 0.317 e. The molecule has 39 heavy (non-hydrogen) atoms. The number of halogens is 1. The highest BCUT2D eigenvalue weighted by Crippen LogP contribution is 2.32. The molecule has 2 aliphatic rings. The molecule has 3 heterocycles. The molecule has 0 spiro atoms. The van der Waals surface area contributed by atoms with Gasteiger partial charge < -0.3 is 25.4 Å². The van der Waals surface area contributed by atoms with E-state index in [0.717, 1.165) is 37.0 Å². The van der Waals surface area contributed by atoms with E-state index in [1.165, 1.54) is 10.7 Å². The summed E-state index contributed by atoms with van der Waals surface area (Å²) in [5, 5.41) is 22.0. The Kier molecular flexibility index (Phi) is 6.56. The van der Waals surface area contributed by atoms with Crippen LogP contribution in [-0.2, 0) is 7.05 Å². The predicted molar refractivity (Wildman–Crippen MR) is 147 cm³/mol. The van der Waals surface area contributed by atoms with E-state index in [4.69, 9.17) is 4.74 Å². The lowest BCUT2D eigenvalue weighted by Crippen LogP contribution is -2.54. The van der Waals surface area contributed by atoms with Gasteiger partial charge in [0.05, 0.1) is 17.2 Å². The molecule has 6 rings (SSSR count). The van der Waals surface area contributed by atoms with E-state index in [1.807, 2.05) is 6.07 Å². The van der Waals surface area contributed by atoms with E-state index in [-0.39, 0.29) is 29.7 Å². The fraction of sp³-hybridized carbons (Fsp3) is 0.429. The second kappa shape index (κ2) is 10.0. The number of aliphatic hydroxyl groups excluding tert-OH is 1. The minimum absolute atomic E-state index is 0.115. The molecule has 2 aromatic carbocycles. The number of aromatic nitrogens is 4. The SMILES string of the molecule is CC1CN(c2ccc(C(=O)Nc3cc(F)c4nn(C)cc4c3)c3nc(OC4CCCC4O)ncc23)CC(C)N1. The summed E-state index contributed by atoms with van der Waals surface area (Å²) in [6.07, 6.45) is 4.69. The molecule has 10 nitrogen and oxygen atoms in total. The van der Waals surface area contributed by atoms with Crippen LogP contribution in [0.4, 0.5) is 15.8 Å². The van der Waals surface area contributed by atoms with E-state index in [1.54, 1.807) is 31.6 Å². The van der Waals surface area contributed by atoms with Gasteiger partial charge in [0.15, 0.2) is 5.82 Å². The Hall–Kier alpha value is -3.83. The number of aryl methyl sites for hydroxylation is 1. The average Bonchev–Trinajstić information content (AvgIpc) is 3.47. The van der Waals surface area contributed by atoms with Crippen molar-refractivity contribution in [3.05, 3.63) is 48.0 Å². The van der Waals surface area contributed by atoms with Crippen molar-refractivity contribution in [1.82, 2.24) is 25.1 Å². The van der Waals surface area contributed by atoms with Gasteiger partial charge in [0.25, 0.3) is 5.91 Å². The number of carbonyl (C=O) groups is 1. The van der Waals surface area contributed by atoms with E-state index in [2.05, 4.69) is 44.4 Å². The highest BCUT2D eigenvalue weighted by molar-refractivity contribution is 6.14. The van der Waals surface area contributed by atoms with Crippen LogP contribution in [-0.4, -0.2) is 68.1 Å². The molecular weight excluding hydrogens is 501 g/mol. The maximum absolute atomic E-state index is 14.7. The zero-order chi connectivity index (χ0) is 27.3. The van der Waals surface area contributed by atoms with Crippen molar-refractivity contribution < 1.29 is 19.0 Å². The summed E-state index contributed by atoms with van der Waals surface area (Å²) in [5.41, 5.74) is 2.24. The second-order valence-electron chi connectivity index (χ2n) is 10.7. The largest absolute Gasteiger partial charge is 0.457 e. The lowest BCUT2D eigenvalue weighted by Gasteiger charge is -2.38. The first-order valence-corrected chi connectivity index (χ1v) is 13.3. The Balaban J connectivity index is 1.39. The Morgan fingerprint density at radius 3 is 2.72 bits per heavy atom. The number of hydrogen-bond acceptors (Lipinski definition) is 8. The molecule has 4 atom stereocenters. The molecule has 0 bridgehead atoms. The lowest BCUT2D eigenvalue weighted by atomic mass is 10.0. The molecule has 204 valence electrons. The summed E-state index contributed by atoms with van der Waals surface area (Å²) in [4.78, 5) is 24.9. The number of nitrogens with zero attached hydrogens (tertiary/aromatic N) is 5. The van der Waals surface area contributed by atoms with Crippen LogP contribution in [0.2, 0.25) is 0 Å². The van der Waals surface area contributed by atoms with Gasteiger partial charge in [0.1, 0.15) is 11.6 Å². The van der Waals surface area contributed by atoms with Gasteiger partial charge in [-0.3, -0.25) is 9.48 Å². The first-order chi connectivity index (χ1) is 18.7. The molecule has 0 radical (unpaired) electrons. The number of rotatable bonds is 5. The van der Waals surface area contributed by atoms with Crippen molar-refractivity contribution in [2.45, 2.75) is 57.4 Å². The highest BCUT2D eigenvalue weighted by atomic mass is 19.1. The first-order valence-electron chi connectivity index (χ1n) is 13.3. The van der Waals surface area contributed by atoms with Gasteiger partial charge >= 0.3 is 6.01 Å². The number of nitrogens with one attached hydrogen (secondary N) is 2. The number of aliphatic hydroxyl groups is 1. The summed E-state index contributed by atoms with van der Waals surface area (Å²) < 4.78 is 22.1. The van der Waals surface area contributed by atoms with Crippen LogP contribution in [0.3, 0.4) is 0 Å². The van der Waals surface area contributed by atoms with Crippen LogP contribution in [0, 0.1) is 5.82 Å². The number of carbonyl (C=O) groups excluding carboxylic acids is 1. The Morgan fingerprint density at radius 1 is 1.18 bits per heavy atom. The monoisotopic (exact) mass is 533 g/mol. The van der Waals surface area contributed by atoms with E-state index in [9.17, 15) is 14.3 Å². The molecule has 4 aromatic rings. The van der Waals surface area contributed by atoms with Crippen LogP contribution in [0.25, 0.3) is 21.8 Å². The number of anilines is 2. The molecule has 1 aliphatic carbocycles. The molecule has 2 fully saturated rings. The van der Waals surface area contributed by atoms with Gasteiger partial charge in [-0.1, -0.05) is 0 Å². The van der Waals surface area contributed by atoms with Crippen molar-refractivity contribution >= 4 is 39.1 Å². The Labute approximate surface area is 225 Å². The second-order valence-corrected chi connectivity index (χ2v) is 10.7. The smallest absolute Gasteiger partial charge is 0.317 e. The number of fused-ring (bicyclic) bond motifs is 2. The first kappa shape index (κ1) is 25.4. The molecule has 4 unspecified atom stereocenters. The van der Waals surface area contributed by atoms with Crippen molar-refractivity contribution in [2.24, 2.45) is 7.05 Å². The number of benzene rings is 2. The van der Waals surface area contributed by atoms with Gasteiger partial charge in [0, 0.05) is 66.8 Å². The molecule has 1 saturated heterocycles. The third kappa shape index (κ3) is 4.99. The third-order valence-electron chi connectivity index (χ3n) is 7.46. The molecule has 2 aromatic heterocycles. The van der Waals surface area contributed by atoms with Crippen LogP contribution >= 0.6 is 0 Å². The predicted octanol–water partition coefficient (Wildman–Crippen LogP) is 3.39. The number of piperazine rings is 1. The summed E-state index contributed by atoms with van der Waals surface area (Å²) in [7, 11) is 1.72. The van der Waals surface area contributed by atoms with Crippen LogP contribution in [0.1, 0.15) is 43.5 Å². The molecule has 1 aliphatic heterocycles. The molecular formula is C28H32FN7O3. The van der Waals surface area contributed by atoms with E-state index < -0.39 is 17.8 Å². The number of amides is 1. The van der Waals surface area contributed by atoms with Crippen molar-refractivity contribution in [3.63, 3.8) is 0 Å². The Morgan fingerprint density at radius 2 is 1.97 bits per heavy atom. The normalized spacial score (nSPS) is 23.5. The molecule has 11 heteroatoms. The van der Waals surface area contributed by atoms with E-state index in [0.29, 0.717) is 28.6 Å². The molecule has 1 saturated carbocycles. The minimum atomic E-state index is -0.570. The fourth-order valence-electron chi connectivity index (χ4n) is 5.79. The van der Waals surface area contributed by atoms with Crippen molar-refractivity contribution in [2.75, 3.05) is 23.3 Å². The maximum atomic E-state index is 14.7. The molecule has 1 amide bonds. The number of hydrogen-bond donors (Lipinski definition) is 3. The zero-order valence-electron chi connectivity index (χ0n) is 22.2. The third-order valence-corrected chi connectivity index (χ3v) is 7.46. The van der Waals surface area contributed by atoms with Gasteiger partial charge in [-0.2, -0.15) is 10.1 Å². The highest BCUT2D eigenvalue weighted by Gasteiger charge is 2.29. The summed E-state index contributed by atoms with van der Waals surface area (Å²) in [6.45, 7) is 5.87. The zero-order valence-corrected chi connectivity index (χ0v) is 22.2. The van der Waals surface area contributed by atoms with E-state index >= 15 is 0 Å². The number of ether oxygens (including phenoxy) is 1. The minimum Gasteiger partial charge on any atom is -0.457 e. The van der Waals surface area contributed by atoms with Gasteiger partial charge in [0.2, 0.25) is 0 Å². The van der Waals surface area contributed by atoms with Crippen molar-refractivity contribution in [1.29, 1.82) is 0 Å². The lowest BCUT2D eigenvalue weighted by molar-refractivity contribution is 0.0544. The standard InChI is InChI=1S/C28H32FN7O3/c1-15-12-36(13-16(2)31-15)22-8-7-19(26-20(22)11-30-28(33-26)39-24-6-4-5-23(24)37)27(38)32-18-9-17-14-35(3)34-25(17)21(29)10-18/h7-11,14-16,23-24,31,37H,4-6,12-13H2,1-3H3,(H,32,38). The Bertz CT molecular complexity index is 1550. The average molecular weight is 534 g/mol. The summed E-state index contributed by atoms with van der Waals surface area (Å²) >= 11 is 0. The summed E-state index contributed by atoms with van der Waals surface area (Å²) in [5.74, 6) is -0.944. The van der Waals surface area contributed by atoms with Crippen LogP contribution in [0.15, 0.2) is 36.7 Å². The van der Waals surface area contributed by atoms with Gasteiger partial charge in [-0.05, 0) is 57.4 Å². The quantitative estimate of drug-likeness (QED) is 0.358. The van der Waals surface area contributed by atoms with Crippen molar-refractivity contribution in [3.8, 4) is 6.01 Å². The van der Waals surface area contributed by atoms with Crippen LogP contribution in [0.5, 0.6) is 6.01 Å². The van der Waals surface area contributed by atoms with Crippen LogP contribution < -0.4 is 20.3 Å². The fourth-order valence-corrected chi connectivity index (χ4v) is 5.79. The summed E-state index contributed by atoms with van der Waals surface area (Å²) in [6, 6.07) is 7.30.